The molecule has 0 aliphatic carbocycles. The Bertz CT molecular complexity index is 857. The van der Waals surface area contributed by atoms with Gasteiger partial charge in [0.1, 0.15) is 5.75 Å². The van der Waals surface area contributed by atoms with E-state index in [0.717, 1.165) is 18.7 Å². The van der Waals surface area contributed by atoms with Gasteiger partial charge in [0.15, 0.2) is 0 Å². The number of carbonyl (C=O) groups excluding carboxylic acids is 2. The Balaban J connectivity index is 1.46. The Labute approximate surface area is 185 Å². The highest BCUT2D eigenvalue weighted by Crippen LogP contribution is 2.20. The molecule has 0 radical (unpaired) electrons. The Hall–Kier alpha value is -3.02. The summed E-state index contributed by atoms with van der Waals surface area (Å²) in [5.41, 5.74) is 2.82. The lowest BCUT2D eigenvalue weighted by Gasteiger charge is -2.29. The Morgan fingerprint density at radius 1 is 1.00 bits per heavy atom. The molecule has 166 valence electrons. The number of ether oxygens (including phenoxy) is 1. The topological polar surface area (TPSA) is 61.9 Å². The highest BCUT2D eigenvalue weighted by Gasteiger charge is 2.14. The van der Waals surface area contributed by atoms with Crippen molar-refractivity contribution in [1.82, 2.24) is 10.2 Å². The number of likely N-dealkylation sites (N-methyl/N-ethyl adjacent to an activating group) is 1. The number of benzene rings is 2. The Kier molecular flexibility index (Phi) is 7.93. The predicted molar refractivity (Wildman–Crippen MR) is 124 cm³/mol. The van der Waals surface area contributed by atoms with E-state index >= 15 is 0 Å². The summed E-state index contributed by atoms with van der Waals surface area (Å²) in [6.45, 7) is 6.61. The summed E-state index contributed by atoms with van der Waals surface area (Å²) in [6.07, 6.45) is 3.89. The molecule has 3 rings (SSSR count). The van der Waals surface area contributed by atoms with Crippen LogP contribution in [0.3, 0.4) is 0 Å². The lowest BCUT2D eigenvalue weighted by molar-refractivity contribution is -0.129. The second kappa shape index (κ2) is 10.8. The minimum atomic E-state index is -0.274. The third-order valence-electron chi connectivity index (χ3n) is 5.39. The van der Waals surface area contributed by atoms with Gasteiger partial charge in [-0.25, -0.2) is 0 Å². The van der Waals surface area contributed by atoms with Gasteiger partial charge in [-0.3, -0.25) is 9.59 Å². The molecule has 0 spiro atoms. The largest absolute Gasteiger partial charge is 0.491 e. The van der Waals surface area contributed by atoms with Gasteiger partial charge in [-0.15, -0.1) is 0 Å². The van der Waals surface area contributed by atoms with Gasteiger partial charge in [-0.05, 0) is 75.1 Å². The molecule has 1 N–H and O–H groups in total. The standard InChI is InChI=1S/C25H33N3O3/c1-19(2)31-23-13-9-21(10-14-23)25(30)26-17-24(29)27(3)18-20-7-11-22(12-8-20)28-15-5-4-6-16-28/h7-14,19H,4-6,15-18H2,1-3H3,(H,26,30). The fourth-order valence-electron chi connectivity index (χ4n) is 3.68. The quantitative estimate of drug-likeness (QED) is 0.701. The number of carbonyl (C=O) groups is 2. The Morgan fingerprint density at radius 2 is 1.65 bits per heavy atom. The van der Waals surface area contributed by atoms with Crippen molar-refractivity contribution in [2.45, 2.75) is 45.8 Å². The fourth-order valence-corrected chi connectivity index (χ4v) is 3.68. The van der Waals surface area contributed by atoms with Gasteiger partial charge in [-0.2, -0.15) is 0 Å². The van der Waals surface area contributed by atoms with E-state index in [4.69, 9.17) is 4.74 Å². The first-order valence-corrected chi connectivity index (χ1v) is 11.0. The van der Waals surface area contributed by atoms with Crippen molar-refractivity contribution in [3.05, 3.63) is 59.7 Å². The first kappa shape index (κ1) is 22.7. The Morgan fingerprint density at radius 3 is 2.26 bits per heavy atom. The van der Waals surface area contributed by atoms with E-state index in [1.54, 1.807) is 36.2 Å². The summed E-state index contributed by atoms with van der Waals surface area (Å²) >= 11 is 0. The van der Waals surface area contributed by atoms with Gasteiger partial charge >= 0.3 is 0 Å². The summed E-state index contributed by atoms with van der Waals surface area (Å²) in [6, 6.07) is 15.3. The van der Waals surface area contributed by atoms with Crippen molar-refractivity contribution in [2.24, 2.45) is 0 Å². The van der Waals surface area contributed by atoms with Crippen LogP contribution in [0, 0.1) is 0 Å². The minimum absolute atomic E-state index is 0.0363. The molecule has 1 aliphatic heterocycles. The number of hydrogen-bond donors (Lipinski definition) is 1. The number of nitrogens with zero attached hydrogens (tertiary/aromatic N) is 2. The molecule has 0 unspecified atom stereocenters. The van der Waals surface area contributed by atoms with Crippen LogP contribution >= 0.6 is 0 Å². The van der Waals surface area contributed by atoms with Crippen LogP contribution in [0.5, 0.6) is 5.75 Å². The SMILES string of the molecule is CC(C)Oc1ccc(C(=O)NCC(=O)N(C)Cc2ccc(N3CCCCC3)cc2)cc1. The number of hydrogen-bond acceptors (Lipinski definition) is 4. The molecule has 0 atom stereocenters. The summed E-state index contributed by atoms with van der Waals surface area (Å²) in [5, 5.41) is 2.70. The van der Waals surface area contributed by atoms with Crippen molar-refractivity contribution < 1.29 is 14.3 Å². The third-order valence-corrected chi connectivity index (χ3v) is 5.39. The summed E-state index contributed by atoms with van der Waals surface area (Å²) in [5.74, 6) is 0.311. The number of piperidine rings is 1. The van der Waals surface area contributed by atoms with Crippen LogP contribution in [0.15, 0.2) is 48.5 Å². The van der Waals surface area contributed by atoms with Gasteiger partial charge < -0.3 is 19.9 Å². The normalized spacial score (nSPS) is 13.7. The summed E-state index contributed by atoms with van der Waals surface area (Å²) < 4.78 is 5.58. The van der Waals surface area contributed by atoms with E-state index in [1.165, 1.54) is 24.9 Å². The van der Waals surface area contributed by atoms with E-state index in [9.17, 15) is 9.59 Å². The zero-order valence-corrected chi connectivity index (χ0v) is 18.8. The first-order valence-electron chi connectivity index (χ1n) is 11.0. The highest BCUT2D eigenvalue weighted by molar-refractivity contribution is 5.96. The van der Waals surface area contributed by atoms with Crippen LogP contribution in [0.1, 0.15) is 49.0 Å². The van der Waals surface area contributed by atoms with Gasteiger partial charge in [0.2, 0.25) is 5.91 Å². The number of nitrogens with one attached hydrogen (secondary N) is 1. The predicted octanol–water partition coefficient (Wildman–Crippen LogP) is 3.85. The smallest absolute Gasteiger partial charge is 0.251 e. The average Bonchev–Trinajstić information content (AvgIpc) is 2.78. The molecule has 1 heterocycles. The maximum Gasteiger partial charge on any atom is 0.251 e. The van der Waals surface area contributed by atoms with Crippen molar-refractivity contribution in [1.29, 1.82) is 0 Å². The maximum absolute atomic E-state index is 12.5. The zero-order valence-electron chi connectivity index (χ0n) is 18.8. The minimum Gasteiger partial charge on any atom is -0.491 e. The molecule has 2 aromatic carbocycles. The third kappa shape index (κ3) is 6.74. The van der Waals surface area contributed by atoms with Crippen LogP contribution in [0.4, 0.5) is 5.69 Å². The van der Waals surface area contributed by atoms with Crippen LogP contribution < -0.4 is 15.0 Å². The zero-order chi connectivity index (χ0) is 22.2. The molecule has 0 aromatic heterocycles. The fraction of sp³-hybridized carbons (Fsp3) is 0.440. The number of anilines is 1. The van der Waals surface area contributed by atoms with Crippen LogP contribution in [-0.2, 0) is 11.3 Å². The molecule has 31 heavy (non-hydrogen) atoms. The van der Waals surface area contributed by atoms with Gasteiger partial charge in [-0.1, -0.05) is 12.1 Å². The molecule has 0 saturated carbocycles. The van der Waals surface area contributed by atoms with E-state index in [0.29, 0.717) is 17.9 Å². The monoisotopic (exact) mass is 423 g/mol. The van der Waals surface area contributed by atoms with Gasteiger partial charge in [0, 0.05) is 37.9 Å². The maximum atomic E-state index is 12.5. The second-order valence-corrected chi connectivity index (χ2v) is 8.34. The molecule has 6 heteroatoms. The lowest BCUT2D eigenvalue weighted by Crippen LogP contribution is -2.37. The van der Waals surface area contributed by atoms with E-state index in [-0.39, 0.29) is 24.5 Å². The van der Waals surface area contributed by atoms with Crippen LogP contribution in [-0.4, -0.2) is 49.5 Å². The van der Waals surface area contributed by atoms with E-state index in [2.05, 4.69) is 34.5 Å². The lowest BCUT2D eigenvalue weighted by atomic mass is 10.1. The van der Waals surface area contributed by atoms with Crippen molar-refractivity contribution in [2.75, 3.05) is 31.6 Å². The second-order valence-electron chi connectivity index (χ2n) is 8.34. The molecule has 1 saturated heterocycles. The summed E-state index contributed by atoms with van der Waals surface area (Å²) in [7, 11) is 1.76. The van der Waals surface area contributed by atoms with Crippen molar-refractivity contribution >= 4 is 17.5 Å². The highest BCUT2D eigenvalue weighted by atomic mass is 16.5. The van der Waals surface area contributed by atoms with E-state index in [1.807, 2.05) is 13.8 Å². The number of amides is 2. The molecular weight excluding hydrogens is 390 g/mol. The van der Waals surface area contributed by atoms with E-state index < -0.39 is 0 Å². The molecule has 1 aliphatic rings. The molecule has 6 nitrogen and oxygen atoms in total. The average molecular weight is 424 g/mol. The van der Waals surface area contributed by atoms with Crippen LogP contribution in [0.2, 0.25) is 0 Å². The van der Waals surface area contributed by atoms with Crippen molar-refractivity contribution in [3.8, 4) is 5.75 Å². The molecule has 2 amide bonds. The van der Waals surface area contributed by atoms with Crippen LogP contribution in [0.25, 0.3) is 0 Å². The van der Waals surface area contributed by atoms with Gasteiger partial charge in [0.05, 0.1) is 12.6 Å². The van der Waals surface area contributed by atoms with Crippen molar-refractivity contribution in [3.63, 3.8) is 0 Å². The molecule has 2 aromatic rings. The summed E-state index contributed by atoms with van der Waals surface area (Å²) in [4.78, 5) is 28.8. The molecule has 1 fully saturated rings. The first-order chi connectivity index (χ1) is 14.9. The van der Waals surface area contributed by atoms with Gasteiger partial charge in [0.25, 0.3) is 5.91 Å². The number of rotatable bonds is 8. The molecular formula is C25H33N3O3. The molecule has 0 bridgehead atoms.